The monoisotopic (exact) mass is 75.0 g/mol. The third-order valence-corrected chi connectivity index (χ3v) is 0.707. The normalized spacial score (nSPS) is 7.50. The molecule has 0 fully saturated rings. The molecule has 0 rings (SSSR count). The Kier molecular flexibility index (Phi) is 3.80. The molecule has 4 heavy (non-hydrogen) atoms. The Balaban J connectivity index is 1.97. The van der Waals surface area contributed by atoms with Crippen molar-refractivity contribution in [2.45, 2.75) is 13.3 Å². The van der Waals surface area contributed by atoms with E-state index in [1.54, 1.807) is 0 Å². The summed E-state index contributed by atoms with van der Waals surface area (Å²) in [5.41, 5.74) is 0. The summed E-state index contributed by atoms with van der Waals surface area (Å²) in [5, 5.41) is 0. The lowest BCUT2D eigenvalue weighted by molar-refractivity contribution is 1.20. The van der Waals surface area contributed by atoms with Crippen LogP contribution in [0.2, 0.25) is 0 Å². The molecule has 0 aromatic rings. The fourth-order valence-electron chi connectivity index (χ4n) is 0. The molecule has 0 aliphatic heterocycles. The minimum Gasteiger partial charge on any atom is -0.134 e. The van der Waals surface area contributed by atoms with Crippen LogP contribution in [0, 0.1) is 6.16 Å². The maximum absolute atomic E-state index is 2.53. The van der Waals surface area contributed by atoms with Gasteiger partial charge < -0.3 is 0 Å². The molecule has 0 bridgehead atoms. The van der Waals surface area contributed by atoms with E-state index in [1.807, 2.05) is 6.16 Å². The van der Waals surface area contributed by atoms with Crippen LogP contribution in [0.3, 0.4) is 0 Å². The van der Waals surface area contributed by atoms with E-state index >= 15 is 0 Å². The Morgan fingerprint density at radius 3 is 2.25 bits per heavy atom. The summed E-state index contributed by atoms with van der Waals surface area (Å²) in [6.45, 7) is 2.10. The van der Waals surface area contributed by atoms with Crippen LogP contribution in [0.1, 0.15) is 13.3 Å². The van der Waals surface area contributed by atoms with Crippen LogP contribution in [0.25, 0.3) is 0 Å². The van der Waals surface area contributed by atoms with E-state index in [-0.39, 0.29) is 0 Å². The van der Waals surface area contributed by atoms with Crippen molar-refractivity contribution < 1.29 is 0 Å². The fourth-order valence-corrected chi connectivity index (χ4v) is 0. The van der Waals surface area contributed by atoms with E-state index in [9.17, 15) is 0 Å². The number of rotatable bonds is 1. The zero-order valence-electron chi connectivity index (χ0n) is 2.86. The average molecular weight is 75.1 g/mol. The molecule has 0 heterocycles. The predicted octanol–water partition coefficient (Wildman–Crippen LogP) is 1.43. The molecular weight excluding hydrogens is 67.0 g/mol. The van der Waals surface area contributed by atoms with E-state index in [0.29, 0.717) is 0 Å². The summed E-state index contributed by atoms with van der Waals surface area (Å²) in [6, 6.07) is 0. The molecule has 0 aromatic heterocycles. The molecule has 0 aliphatic carbocycles. The van der Waals surface area contributed by atoms with Gasteiger partial charge in [0.2, 0.25) is 0 Å². The molecule has 0 amide bonds. The van der Waals surface area contributed by atoms with Crippen LogP contribution in [-0.2, 0) is 0 Å². The van der Waals surface area contributed by atoms with Crippen molar-refractivity contribution in [3.8, 4) is 0 Å². The second-order valence-electron chi connectivity index (χ2n) is 0.644. The first kappa shape index (κ1) is 4.43. The largest absolute Gasteiger partial charge is 0.134 e. The molecule has 0 saturated heterocycles. The van der Waals surface area contributed by atoms with E-state index < -0.39 is 0 Å². The van der Waals surface area contributed by atoms with E-state index in [1.165, 1.54) is 0 Å². The van der Waals surface area contributed by atoms with Crippen LogP contribution < -0.4 is 0 Å². The summed E-state index contributed by atoms with van der Waals surface area (Å²) >= 11 is 0. The topological polar surface area (TPSA) is 0 Å². The van der Waals surface area contributed by atoms with Gasteiger partial charge in [0.25, 0.3) is 0 Å². The van der Waals surface area contributed by atoms with Gasteiger partial charge >= 0.3 is 0 Å². The SMILES string of the molecule is CC[CH]P. The van der Waals surface area contributed by atoms with Crippen LogP contribution in [0.5, 0.6) is 0 Å². The highest BCUT2D eigenvalue weighted by molar-refractivity contribution is 7.19. The van der Waals surface area contributed by atoms with Gasteiger partial charge in [-0.05, 0) is 12.6 Å². The van der Waals surface area contributed by atoms with Gasteiger partial charge in [-0.25, -0.2) is 0 Å². The van der Waals surface area contributed by atoms with Crippen molar-refractivity contribution in [3.05, 3.63) is 6.16 Å². The zero-order valence-corrected chi connectivity index (χ0v) is 4.02. The van der Waals surface area contributed by atoms with Crippen molar-refractivity contribution in [3.63, 3.8) is 0 Å². The minimum atomic E-state index is 1.16. The summed E-state index contributed by atoms with van der Waals surface area (Å²) < 4.78 is 0. The van der Waals surface area contributed by atoms with Crippen LogP contribution in [-0.4, -0.2) is 0 Å². The quantitative estimate of drug-likeness (QED) is 0.413. The lowest BCUT2D eigenvalue weighted by Gasteiger charge is -1.67. The Bertz CT molecular complexity index is 5.25. The van der Waals surface area contributed by atoms with Crippen molar-refractivity contribution in [1.29, 1.82) is 0 Å². The Morgan fingerprint density at radius 2 is 2.25 bits per heavy atom. The van der Waals surface area contributed by atoms with E-state index in [0.717, 1.165) is 6.42 Å². The molecule has 1 unspecified atom stereocenters. The molecule has 0 aromatic carbocycles. The Labute approximate surface area is 29.8 Å². The zero-order chi connectivity index (χ0) is 3.41. The molecule has 0 spiro atoms. The summed E-state index contributed by atoms with van der Waals surface area (Å²) in [5.74, 6) is 0. The van der Waals surface area contributed by atoms with Crippen LogP contribution in [0.15, 0.2) is 0 Å². The van der Waals surface area contributed by atoms with Gasteiger partial charge in [0.1, 0.15) is 0 Å². The predicted molar refractivity (Wildman–Crippen MR) is 24.3 cm³/mol. The molecule has 0 aliphatic rings. The van der Waals surface area contributed by atoms with Crippen LogP contribution >= 0.6 is 9.24 Å². The lowest BCUT2D eigenvalue weighted by atomic mass is 10.6. The first-order chi connectivity index (χ1) is 1.91. The molecule has 1 radical (unpaired) electrons. The van der Waals surface area contributed by atoms with Gasteiger partial charge in [-0.1, -0.05) is 6.92 Å². The average Bonchev–Trinajstić information content (AvgIpc) is 1.37. The third-order valence-electron chi connectivity index (χ3n) is 0.236. The highest BCUT2D eigenvalue weighted by atomic mass is 31.0. The molecule has 1 atom stereocenters. The van der Waals surface area contributed by atoms with E-state index in [2.05, 4.69) is 16.2 Å². The first-order valence-corrected chi connectivity index (χ1v) is 2.12. The van der Waals surface area contributed by atoms with Crippen molar-refractivity contribution in [2.75, 3.05) is 0 Å². The van der Waals surface area contributed by atoms with Gasteiger partial charge in [0, 0.05) is 0 Å². The molecule has 0 N–H and O–H groups in total. The van der Waals surface area contributed by atoms with Crippen molar-refractivity contribution in [2.24, 2.45) is 0 Å². The summed E-state index contributed by atoms with van der Waals surface area (Å²) in [4.78, 5) is 0. The molecule has 0 saturated carbocycles. The second-order valence-corrected chi connectivity index (χ2v) is 1.12. The lowest BCUT2D eigenvalue weighted by Crippen LogP contribution is -1.43. The smallest absolute Gasteiger partial charge is 0.0204 e. The Hall–Kier alpha value is 0.430. The van der Waals surface area contributed by atoms with Gasteiger partial charge in [-0.2, -0.15) is 0 Å². The molecular formula is C3H8P. The third kappa shape index (κ3) is 2.43. The van der Waals surface area contributed by atoms with Gasteiger partial charge in [-0.3, -0.25) is 0 Å². The van der Waals surface area contributed by atoms with Gasteiger partial charge in [0.05, 0.1) is 0 Å². The molecule has 25 valence electrons. The van der Waals surface area contributed by atoms with Gasteiger partial charge in [-0.15, -0.1) is 9.24 Å². The maximum atomic E-state index is 2.53. The molecule has 0 nitrogen and oxygen atoms in total. The van der Waals surface area contributed by atoms with Crippen LogP contribution in [0.4, 0.5) is 0 Å². The molecule has 1 heteroatoms. The highest BCUT2D eigenvalue weighted by Crippen LogP contribution is 1.90. The maximum Gasteiger partial charge on any atom is -0.0204 e. The number of hydrogen-bond donors (Lipinski definition) is 0. The highest BCUT2D eigenvalue weighted by Gasteiger charge is 1.57. The second kappa shape index (κ2) is 3.43. The first-order valence-electron chi connectivity index (χ1n) is 1.45. The van der Waals surface area contributed by atoms with Gasteiger partial charge in [0.15, 0.2) is 0 Å². The minimum absolute atomic E-state index is 1.16. The van der Waals surface area contributed by atoms with E-state index in [4.69, 9.17) is 0 Å². The van der Waals surface area contributed by atoms with Crippen molar-refractivity contribution >= 4 is 9.24 Å². The number of hydrogen-bond acceptors (Lipinski definition) is 0. The summed E-state index contributed by atoms with van der Waals surface area (Å²) in [7, 11) is 2.53. The fraction of sp³-hybridized carbons (Fsp3) is 0.667. The Morgan fingerprint density at radius 1 is 2.00 bits per heavy atom. The standard InChI is InChI=1S/C3H8P/c1-2-3-4/h3H,2,4H2,1H3. The summed E-state index contributed by atoms with van der Waals surface area (Å²) in [6.07, 6.45) is 3.20. The van der Waals surface area contributed by atoms with Crippen molar-refractivity contribution in [1.82, 2.24) is 0 Å².